The number of hydrogen-bond donors (Lipinski definition) is 3. The standard InChI is InChI=1S/C41H48N8O6/c1-23(2)25(5)38(50)49-22-41(54-26(6)47-55-41)20-34(49)37-43-30-17-14-28(19-31(30)44-37)11-10-27-12-15-29(16-13-27)32-21-42-36(45-32)33-9-8-18-48(33)39(51)35(24(3)4)46-40(52)53-7/h12-17,19,21,23-25,33-35H,8-9,18,20,22H2,1-7H3,(H,42,45)(H,43,44)(H,46,52)/t25-,33-,34-,35-,41-/m0/s1. The Morgan fingerprint density at radius 2 is 1.69 bits per heavy atom. The van der Waals surface area contributed by atoms with Crippen LogP contribution in [0.4, 0.5) is 4.79 Å². The second kappa shape index (κ2) is 15.1. The molecule has 4 aromatic rings. The molecule has 3 amide bonds. The fourth-order valence-corrected chi connectivity index (χ4v) is 7.44. The maximum atomic E-state index is 13.6. The number of nitrogens with zero attached hydrogens (tertiary/aromatic N) is 5. The number of fused-ring (bicyclic) bond motifs is 1. The minimum Gasteiger partial charge on any atom is -0.453 e. The Hall–Kier alpha value is -5.84. The van der Waals surface area contributed by atoms with Crippen LogP contribution in [0.25, 0.3) is 22.3 Å². The Labute approximate surface area is 320 Å². The molecule has 0 bridgehead atoms. The highest BCUT2D eigenvalue weighted by atomic mass is 16.8. The molecule has 0 saturated carbocycles. The van der Waals surface area contributed by atoms with E-state index in [1.807, 2.05) is 82.0 Å². The molecule has 14 nitrogen and oxygen atoms in total. The summed E-state index contributed by atoms with van der Waals surface area (Å²) in [7, 11) is 1.29. The largest absolute Gasteiger partial charge is 0.453 e. The Bertz CT molecular complexity index is 2180. The van der Waals surface area contributed by atoms with E-state index >= 15 is 0 Å². The summed E-state index contributed by atoms with van der Waals surface area (Å²) in [5, 5.41) is 6.71. The van der Waals surface area contributed by atoms with E-state index in [4.69, 9.17) is 19.3 Å². The second-order valence-corrected chi connectivity index (χ2v) is 15.3. The number of methoxy groups -OCH3 is 1. The molecule has 0 unspecified atom stereocenters. The Balaban J connectivity index is 1.04. The van der Waals surface area contributed by atoms with E-state index < -0.39 is 17.9 Å². The van der Waals surface area contributed by atoms with Crippen molar-refractivity contribution in [2.75, 3.05) is 20.2 Å². The highest BCUT2D eigenvalue weighted by Gasteiger charge is 2.55. The minimum absolute atomic E-state index is 0.0261. The molecule has 5 heterocycles. The van der Waals surface area contributed by atoms with Crippen molar-refractivity contribution in [3.63, 3.8) is 0 Å². The van der Waals surface area contributed by atoms with Gasteiger partial charge in [-0.25, -0.2) is 14.8 Å². The van der Waals surface area contributed by atoms with Crippen LogP contribution in [0.3, 0.4) is 0 Å². The van der Waals surface area contributed by atoms with Crippen molar-refractivity contribution in [1.29, 1.82) is 0 Å². The molecule has 55 heavy (non-hydrogen) atoms. The smallest absolute Gasteiger partial charge is 0.407 e. The summed E-state index contributed by atoms with van der Waals surface area (Å²) in [6, 6.07) is 12.5. The maximum Gasteiger partial charge on any atom is 0.407 e. The second-order valence-electron chi connectivity index (χ2n) is 15.3. The summed E-state index contributed by atoms with van der Waals surface area (Å²) < 4.78 is 10.7. The monoisotopic (exact) mass is 748 g/mol. The van der Waals surface area contributed by atoms with Gasteiger partial charge >= 0.3 is 6.09 Å². The number of carbonyl (C=O) groups excluding carboxylic acids is 3. The minimum atomic E-state index is -1.02. The van der Waals surface area contributed by atoms with Crippen LogP contribution in [0.15, 0.2) is 53.8 Å². The first-order valence-corrected chi connectivity index (χ1v) is 18.9. The molecule has 3 N–H and O–H groups in total. The molecule has 2 fully saturated rings. The molecule has 2 saturated heterocycles. The number of likely N-dealkylation sites (tertiary alicyclic amines) is 2. The molecule has 3 aliphatic rings. The number of ether oxygens (including phenoxy) is 2. The van der Waals surface area contributed by atoms with Gasteiger partial charge in [0.2, 0.25) is 17.7 Å². The lowest BCUT2D eigenvalue weighted by atomic mass is 9.96. The molecule has 1 spiro atoms. The van der Waals surface area contributed by atoms with Crippen LogP contribution in [-0.2, 0) is 23.9 Å². The van der Waals surface area contributed by atoms with Crippen molar-refractivity contribution in [3.05, 3.63) is 71.4 Å². The summed E-state index contributed by atoms with van der Waals surface area (Å²) in [6.07, 6.45) is 3.18. The molecule has 3 aliphatic heterocycles. The molecule has 5 atom stereocenters. The SMILES string of the molecule is COC(=O)N[C@H](C(=O)N1CCC[C@H]1c1ncc(-c2ccc(C#Cc3ccc4nc([C@@H]5C[C@@]6(CN5C(=O)[C@@H](C)C(C)C)ON=C(C)O6)[nH]c4c3)cc2)[nH]1)C(C)C. The van der Waals surface area contributed by atoms with Crippen molar-refractivity contribution < 1.29 is 28.7 Å². The van der Waals surface area contributed by atoms with E-state index in [0.29, 0.717) is 30.5 Å². The molecule has 2 aromatic heterocycles. The normalized spacial score (nSPS) is 21.7. The van der Waals surface area contributed by atoms with Crippen LogP contribution < -0.4 is 5.32 Å². The topological polar surface area (TPSA) is 167 Å². The summed E-state index contributed by atoms with van der Waals surface area (Å²) in [4.78, 5) is 64.8. The zero-order chi connectivity index (χ0) is 39.0. The van der Waals surface area contributed by atoms with Gasteiger partial charge in [-0.05, 0) is 65.7 Å². The first kappa shape index (κ1) is 37.5. The fourth-order valence-electron chi connectivity index (χ4n) is 7.44. The van der Waals surface area contributed by atoms with Crippen LogP contribution in [0, 0.1) is 29.6 Å². The number of amides is 3. The summed E-state index contributed by atoms with van der Waals surface area (Å²) in [5.74, 6) is 7.10. The quantitative estimate of drug-likeness (QED) is 0.184. The third-order valence-corrected chi connectivity index (χ3v) is 10.8. The van der Waals surface area contributed by atoms with E-state index in [9.17, 15) is 14.4 Å². The predicted molar refractivity (Wildman–Crippen MR) is 205 cm³/mol. The first-order chi connectivity index (χ1) is 26.3. The van der Waals surface area contributed by atoms with Crippen LogP contribution in [0.2, 0.25) is 0 Å². The third kappa shape index (κ3) is 7.61. The molecule has 288 valence electrons. The average Bonchev–Trinajstić information content (AvgIpc) is 4.02. The number of nitrogens with one attached hydrogen (secondary N) is 3. The summed E-state index contributed by atoms with van der Waals surface area (Å²) >= 11 is 0. The zero-order valence-electron chi connectivity index (χ0n) is 32.3. The molecule has 0 radical (unpaired) electrons. The number of rotatable bonds is 8. The van der Waals surface area contributed by atoms with Gasteiger partial charge < -0.3 is 39.4 Å². The molecule has 2 aromatic carbocycles. The van der Waals surface area contributed by atoms with Crippen LogP contribution in [0.1, 0.15) is 95.7 Å². The number of imidazole rings is 2. The average molecular weight is 749 g/mol. The van der Waals surface area contributed by atoms with Crippen LogP contribution in [0.5, 0.6) is 0 Å². The highest BCUT2D eigenvalue weighted by Crippen LogP contribution is 2.43. The lowest BCUT2D eigenvalue weighted by Crippen LogP contribution is -2.51. The number of alkyl carbamates (subject to hydrolysis) is 1. The molecular weight excluding hydrogens is 701 g/mol. The molecular formula is C41H48N8O6. The third-order valence-electron chi connectivity index (χ3n) is 10.8. The Morgan fingerprint density at radius 3 is 2.38 bits per heavy atom. The van der Waals surface area contributed by atoms with Gasteiger partial charge in [0.25, 0.3) is 5.79 Å². The number of hydrogen-bond acceptors (Lipinski definition) is 9. The van der Waals surface area contributed by atoms with Gasteiger partial charge in [0, 0.05) is 30.5 Å². The molecule has 7 rings (SSSR count). The molecule has 14 heteroatoms. The first-order valence-electron chi connectivity index (χ1n) is 18.9. The van der Waals surface area contributed by atoms with Gasteiger partial charge in [-0.1, -0.05) is 58.6 Å². The highest BCUT2D eigenvalue weighted by molar-refractivity contribution is 5.86. The van der Waals surface area contributed by atoms with E-state index in [2.05, 4.69) is 37.3 Å². The van der Waals surface area contributed by atoms with E-state index in [0.717, 1.165) is 46.3 Å². The fraction of sp³-hybridized carbons (Fsp3) is 0.463. The number of H-pyrrole nitrogens is 2. The predicted octanol–water partition coefficient (Wildman–Crippen LogP) is 6.04. The van der Waals surface area contributed by atoms with Crippen molar-refractivity contribution in [2.24, 2.45) is 22.9 Å². The number of benzene rings is 2. The zero-order valence-corrected chi connectivity index (χ0v) is 32.3. The van der Waals surface area contributed by atoms with E-state index in [-0.39, 0.29) is 48.2 Å². The van der Waals surface area contributed by atoms with Gasteiger partial charge in [0.1, 0.15) is 24.2 Å². The van der Waals surface area contributed by atoms with Gasteiger partial charge in [0.15, 0.2) is 0 Å². The number of carbonyl (C=O) groups is 3. The number of aromatic nitrogens is 4. The van der Waals surface area contributed by atoms with Crippen molar-refractivity contribution in [1.82, 2.24) is 35.1 Å². The number of oxime groups is 1. The Morgan fingerprint density at radius 1 is 0.945 bits per heavy atom. The molecule has 0 aliphatic carbocycles. The van der Waals surface area contributed by atoms with Crippen LogP contribution in [-0.4, -0.2) is 85.6 Å². The van der Waals surface area contributed by atoms with Crippen molar-refractivity contribution in [2.45, 2.75) is 84.7 Å². The van der Waals surface area contributed by atoms with Gasteiger partial charge in [-0.3, -0.25) is 9.59 Å². The van der Waals surface area contributed by atoms with Crippen molar-refractivity contribution in [3.8, 4) is 23.1 Å². The van der Waals surface area contributed by atoms with Gasteiger partial charge in [-0.2, -0.15) is 0 Å². The van der Waals surface area contributed by atoms with Crippen molar-refractivity contribution >= 4 is 34.8 Å². The van der Waals surface area contributed by atoms with E-state index in [1.165, 1.54) is 7.11 Å². The van der Waals surface area contributed by atoms with Crippen LogP contribution >= 0.6 is 0 Å². The Kier molecular flexibility index (Phi) is 10.3. The summed E-state index contributed by atoms with van der Waals surface area (Å²) in [6.45, 7) is 12.4. The van der Waals surface area contributed by atoms with Gasteiger partial charge in [-0.15, -0.1) is 0 Å². The van der Waals surface area contributed by atoms with E-state index in [1.54, 1.807) is 18.0 Å². The lowest BCUT2D eigenvalue weighted by molar-refractivity contribution is -0.156. The summed E-state index contributed by atoms with van der Waals surface area (Å²) in [5.41, 5.74) is 5.04. The van der Waals surface area contributed by atoms with Gasteiger partial charge in [0.05, 0.1) is 48.5 Å². The maximum absolute atomic E-state index is 13.6. The lowest BCUT2D eigenvalue weighted by Gasteiger charge is -2.30. The number of aromatic amines is 2.